The van der Waals surface area contributed by atoms with Crippen molar-refractivity contribution in [2.45, 2.75) is 13.5 Å². The number of nitro groups is 1. The number of esters is 1. The van der Waals surface area contributed by atoms with Crippen molar-refractivity contribution in [1.29, 1.82) is 0 Å². The Bertz CT molecular complexity index is 654. The largest absolute Gasteiger partial charge is 0.489 e. The van der Waals surface area contributed by atoms with Crippen LogP contribution in [0.15, 0.2) is 48.5 Å². The maximum absolute atomic E-state index is 11.0. The van der Waals surface area contributed by atoms with Gasteiger partial charge in [0.1, 0.15) is 12.4 Å². The van der Waals surface area contributed by atoms with E-state index in [9.17, 15) is 14.9 Å². The molecule has 2 aromatic rings. The lowest BCUT2D eigenvalue weighted by Gasteiger charge is -2.08. The van der Waals surface area contributed by atoms with Gasteiger partial charge in [-0.2, -0.15) is 0 Å². The topological polar surface area (TPSA) is 78.7 Å². The van der Waals surface area contributed by atoms with Gasteiger partial charge in [0.05, 0.1) is 4.92 Å². The molecule has 0 saturated heterocycles. The molecule has 0 aliphatic heterocycles. The Labute approximate surface area is 121 Å². The first-order valence-corrected chi connectivity index (χ1v) is 6.20. The van der Waals surface area contributed by atoms with Crippen molar-refractivity contribution >= 4 is 11.7 Å². The van der Waals surface area contributed by atoms with E-state index >= 15 is 0 Å². The van der Waals surface area contributed by atoms with Gasteiger partial charge in [0.15, 0.2) is 0 Å². The van der Waals surface area contributed by atoms with E-state index in [4.69, 9.17) is 9.47 Å². The molecule has 0 aliphatic carbocycles. The third-order valence-electron chi connectivity index (χ3n) is 2.63. The van der Waals surface area contributed by atoms with Crippen LogP contribution in [0.25, 0.3) is 0 Å². The minimum Gasteiger partial charge on any atom is -0.489 e. The van der Waals surface area contributed by atoms with Gasteiger partial charge >= 0.3 is 11.7 Å². The van der Waals surface area contributed by atoms with Gasteiger partial charge in [-0.3, -0.25) is 14.9 Å². The van der Waals surface area contributed by atoms with E-state index in [2.05, 4.69) is 0 Å². The number of benzene rings is 2. The monoisotopic (exact) mass is 287 g/mol. The summed E-state index contributed by atoms with van der Waals surface area (Å²) in [5.41, 5.74) is 0.683. The summed E-state index contributed by atoms with van der Waals surface area (Å²) < 4.78 is 10.4. The van der Waals surface area contributed by atoms with Crippen LogP contribution < -0.4 is 9.47 Å². The summed E-state index contributed by atoms with van der Waals surface area (Å²) in [6.07, 6.45) is 0. The van der Waals surface area contributed by atoms with Crippen molar-refractivity contribution in [3.8, 4) is 11.5 Å². The van der Waals surface area contributed by atoms with E-state index in [-0.39, 0.29) is 11.4 Å². The number of hydrogen-bond donors (Lipinski definition) is 0. The molecule has 0 bridgehead atoms. The molecule has 0 heterocycles. The van der Waals surface area contributed by atoms with Gasteiger partial charge in [-0.15, -0.1) is 0 Å². The normalized spacial score (nSPS) is 9.95. The van der Waals surface area contributed by atoms with E-state index in [1.54, 1.807) is 0 Å². The lowest BCUT2D eigenvalue weighted by Crippen LogP contribution is -2.04. The zero-order chi connectivity index (χ0) is 15.2. The van der Waals surface area contributed by atoms with Crippen molar-refractivity contribution in [2.75, 3.05) is 0 Å². The number of carbonyl (C=O) groups excluding carboxylic acids is 1. The second kappa shape index (κ2) is 6.51. The predicted molar refractivity (Wildman–Crippen MR) is 75.2 cm³/mol. The highest BCUT2D eigenvalue weighted by Gasteiger charge is 2.17. The van der Waals surface area contributed by atoms with E-state index in [1.807, 2.05) is 30.3 Å². The minimum absolute atomic E-state index is 0.127. The molecule has 2 rings (SSSR count). The lowest BCUT2D eigenvalue weighted by atomic mass is 10.2. The Kier molecular flexibility index (Phi) is 4.50. The summed E-state index contributed by atoms with van der Waals surface area (Å²) in [6, 6.07) is 13.5. The van der Waals surface area contributed by atoms with Crippen LogP contribution in [0.3, 0.4) is 0 Å². The molecule has 2 aromatic carbocycles. The number of hydrogen-bond acceptors (Lipinski definition) is 5. The molecule has 0 unspecified atom stereocenters. The standard InChI is InChI=1S/C15H13NO5/c1-11(17)21-15-9-13(7-8-14(15)16(18)19)20-10-12-5-3-2-4-6-12/h2-9H,10H2,1H3. The summed E-state index contributed by atoms with van der Waals surface area (Å²) >= 11 is 0. The molecule has 0 N–H and O–H groups in total. The molecule has 6 nitrogen and oxygen atoms in total. The van der Waals surface area contributed by atoms with Crippen molar-refractivity contribution in [3.05, 3.63) is 64.2 Å². The Morgan fingerprint density at radius 2 is 1.90 bits per heavy atom. The maximum atomic E-state index is 11.0. The molecule has 0 aromatic heterocycles. The van der Waals surface area contributed by atoms with Crippen LogP contribution in [0, 0.1) is 10.1 Å². The highest BCUT2D eigenvalue weighted by molar-refractivity contribution is 5.71. The smallest absolute Gasteiger partial charge is 0.311 e. The fourth-order valence-electron chi connectivity index (χ4n) is 1.71. The second-order valence-electron chi connectivity index (χ2n) is 4.25. The van der Waals surface area contributed by atoms with Crippen LogP contribution in [0.5, 0.6) is 11.5 Å². The summed E-state index contributed by atoms with van der Waals surface area (Å²) in [5.74, 6) is -0.364. The Hall–Kier alpha value is -2.89. The molecule has 0 amide bonds. The molecular formula is C15H13NO5. The highest BCUT2D eigenvalue weighted by atomic mass is 16.6. The van der Waals surface area contributed by atoms with Crippen LogP contribution in [0.4, 0.5) is 5.69 Å². The number of nitro benzene ring substituents is 1. The van der Waals surface area contributed by atoms with E-state index in [0.717, 1.165) is 5.56 Å². The van der Waals surface area contributed by atoms with Gasteiger partial charge in [0, 0.05) is 19.1 Å². The molecule has 21 heavy (non-hydrogen) atoms. The summed E-state index contributed by atoms with van der Waals surface area (Å²) in [5, 5.41) is 10.9. The molecule has 108 valence electrons. The van der Waals surface area contributed by atoms with Gasteiger partial charge in [-0.05, 0) is 11.6 Å². The quantitative estimate of drug-likeness (QED) is 0.365. The van der Waals surface area contributed by atoms with Crippen molar-refractivity contribution in [1.82, 2.24) is 0 Å². The van der Waals surface area contributed by atoms with E-state index in [1.165, 1.54) is 25.1 Å². The zero-order valence-corrected chi connectivity index (χ0v) is 11.3. The third kappa shape index (κ3) is 4.04. The van der Waals surface area contributed by atoms with Gasteiger partial charge in [0.25, 0.3) is 0 Å². The first-order chi connectivity index (χ1) is 10.1. The average Bonchev–Trinajstić information content (AvgIpc) is 2.45. The van der Waals surface area contributed by atoms with Crippen LogP contribution in [0.2, 0.25) is 0 Å². The first-order valence-electron chi connectivity index (χ1n) is 6.20. The van der Waals surface area contributed by atoms with Gasteiger partial charge in [0.2, 0.25) is 5.75 Å². The SMILES string of the molecule is CC(=O)Oc1cc(OCc2ccccc2)ccc1[N+](=O)[O-]. The van der Waals surface area contributed by atoms with Gasteiger partial charge in [-0.25, -0.2) is 0 Å². The number of nitrogens with zero attached hydrogens (tertiary/aromatic N) is 1. The van der Waals surface area contributed by atoms with Crippen LogP contribution >= 0.6 is 0 Å². The van der Waals surface area contributed by atoms with E-state index < -0.39 is 10.9 Å². The molecule has 0 radical (unpaired) electrons. The van der Waals surface area contributed by atoms with Crippen molar-refractivity contribution in [3.63, 3.8) is 0 Å². The van der Waals surface area contributed by atoms with Crippen LogP contribution in [0.1, 0.15) is 12.5 Å². The Balaban J connectivity index is 2.17. The predicted octanol–water partition coefficient (Wildman–Crippen LogP) is 3.10. The minimum atomic E-state index is -0.627. The van der Waals surface area contributed by atoms with Crippen LogP contribution in [-0.4, -0.2) is 10.9 Å². The molecule has 6 heteroatoms. The number of rotatable bonds is 5. The zero-order valence-electron chi connectivity index (χ0n) is 11.3. The fourth-order valence-corrected chi connectivity index (χ4v) is 1.71. The highest BCUT2D eigenvalue weighted by Crippen LogP contribution is 2.31. The molecule has 0 atom stereocenters. The Morgan fingerprint density at radius 1 is 1.19 bits per heavy atom. The first kappa shape index (κ1) is 14.5. The third-order valence-corrected chi connectivity index (χ3v) is 2.63. The average molecular weight is 287 g/mol. The molecule has 0 aliphatic rings. The summed E-state index contributed by atoms with van der Waals surface area (Å²) in [6.45, 7) is 1.50. The molecule has 0 spiro atoms. The summed E-state index contributed by atoms with van der Waals surface area (Å²) in [4.78, 5) is 21.2. The van der Waals surface area contributed by atoms with E-state index in [0.29, 0.717) is 12.4 Å². The molecular weight excluding hydrogens is 274 g/mol. The molecule has 0 saturated carbocycles. The lowest BCUT2D eigenvalue weighted by molar-refractivity contribution is -0.385. The molecule has 0 fully saturated rings. The van der Waals surface area contributed by atoms with Crippen molar-refractivity contribution in [2.24, 2.45) is 0 Å². The second-order valence-corrected chi connectivity index (χ2v) is 4.25. The van der Waals surface area contributed by atoms with Crippen LogP contribution in [-0.2, 0) is 11.4 Å². The Morgan fingerprint density at radius 3 is 2.52 bits per heavy atom. The summed E-state index contributed by atoms with van der Waals surface area (Å²) in [7, 11) is 0. The maximum Gasteiger partial charge on any atom is 0.311 e. The number of carbonyl (C=O) groups is 1. The van der Waals surface area contributed by atoms with Crippen molar-refractivity contribution < 1.29 is 19.2 Å². The fraction of sp³-hybridized carbons (Fsp3) is 0.133. The van der Waals surface area contributed by atoms with Gasteiger partial charge < -0.3 is 9.47 Å². The van der Waals surface area contributed by atoms with Gasteiger partial charge in [-0.1, -0.05) is 30.3 Å². The number of ether oxygens (including phenoxy) is 2.